The smallest absolute Gasteiger partial charge is 0.277 e. The van der Waals surface area contributed by atoms with Crippen LogP contribution in [0.2, 0.25) is 0 Å². The molecule has 4 rings (SSSR count). The number of amides is 1. The molecular weight excluding hydrogens is 436 g/mol. The van der Waals surface area contributed by atoms with Gasteiger partial charge in [-0.1, -0.05) is 17.3 Å². The lowest BCUT2D eigenvalue weighted by molar-refractivity contribution is 0.0750. The Balaban J connectivity index is 1.58. The van der Waals surface area contributed by atoms with Crippen LogP contribution in [0.5, 0.6) is 5.75 Å². The maximum atomic E-state index is 13.0. The van der Waals surface area contributed by atoms with Crippen molar-refractivity contribution in [2.45, 2.75) is 5.37 Å². The van der Waals surface area contributed by atoms with Crippen LogP contribution in [0.4, 0.5) is 0 Å². The molecule has 0 aliphatic carbocycles. The first-order chi connectivity index (χ1) is 12.7. The van der Waals surface area contributed by atoms with Crippen molar-refractivity contribution >= 4 is 44.9 Å². The van der Waals surface area contributed by atoms with E-state index in [0.717, 1.165) is 26.4 Å². The molecule has 1 unspecified atom stereocenters. The molecule has 134 valence electrons. The van der Waals surface area contributed by atoms with Crippen LogP contribution >= 0.6 is 39.0 Å². The highest BCUT2D eigenvalue weighted by Gasteiger charge is 2.33. The minimum Gasteiger partial charge on any atom is -0.496 e. The summed E-state index contributed by atoms with van der Waals surface area (Å²) in [7, 11) is 1.63. The van der Waals surface area contributed by atoms with Crippen molar-refractivity contribution in [2.24, 2.45) is 0 Å². The van der Waals surface area contributed by atoms with Crippen molar-refractivity contribution in [3.05, 3.63) is 57.5 Å². The van der Waals surface area contributed by atoms with Gasteiger partial charge in [0.15, 0.2) is 11.5 Å². The zero-order chi connectivity index (χ0) is 18.1. The van der Waals surface area contributed by atoms with E-state index in [1.807, 2.05) is 40.6 Å². The highest BCUT2D eigenvalue weighted by Crippen LogP contribution is 2.41. The van der Waals surface area contributed by atoms with Gasteiger partial charge in [-0.05, 0) is 45.1 Å². The van der Waals surface area contributed by atoms with E-state index in [1.54, 1.807) is 36.3 Å². The van der Waals surface area contributed by atoms with Crippen LogP contribution in [0, 0.1) is 0 Å². The Hall–Kier alpha value is -1.77. The van der Waals surface area contributed by atoms with Gasteiger partial charge in [-0.2, -0.15) is 0 Å². The second-order valence-corrected chi connectivity index (χ2v) is 8.66. The summed E-state index contributed by atoms with van der Waals surface area (Å²) < 4.78 is 11.5. The fourth-order valence-electron chi connectivity index (χ4n) is 2.85. The highest BCUT2D eigenvalue weighted by atomic mass is 79.9. The molecule has 2 aromatic heterocycles. The molecule has 3 aromatic rings. The number of methoxy groups -OCH3 is 1. The molecule has 1 aliphatic rings. The van der Waals surface area contributed by atoms with E-state index in [4.69, 9.17) is 9.26 Å². The summed E-state index contributed by atoms with van der Waals surface area (Å²) in [6.45, 7) is 0.680. The lowest BCUT2D eigenvalue weighted by Crippen LogP contribution is -2.30. The third kappa shape index (κ3) is 3.28. The number of ether oxygens (including phenoxy) is 1. The number of rotatable bonds is 4. The molecule has 5 nitrogen and oxygen atoms in total. The fourth-order valence-corrected chi connectivity index (χ4v) is 5.33. The third-order valence-electron chi connectivity index (χ3n) is 4.11. The van der Waals surface area contributed by atoms with Gasteiger partial charge in [0.05, 0.1) is 16.5 Å². The first kappa shape index (κ1) is 17.6. The summed E-state index contributed by atoms with van der Waals surface area (Å²) in [4.78, 5) is 15.8. The molecule has 3 heterocycles. The Morgan fingerprint density at radius 1 is 1.38 bits per heavy atom. The zero-order valence-corrected chi connectivity index (χ0v) is 17.1. The van der Waals surface area contributed by atoms with Crippen LogP contribution < -0.4 is 4.74 Å². The molecule has 0 spiro atoms. The van der Waals surface area contributed by atoms with Gasteiger partial charge in [-0.15, -0.1) is 23.1 Å². The number of hydrogen-bond donors (Lipinski definition) is 0. The first-order valence-electron chi connectivity index (χ1n) is 7.94. The number of thioether (sulfide) groups is 1. The summed E-state index contributed by atoms with van der Waals surface area (Å²) in [6, 6.07) is 11.5. The van der Waals surface area contributed by atoms with Crippen LogP contribution in [-0.2, 0) is 0 Å². The number of hydrogen-bond acceptors (Lipinski definition) is 6. The normalized spacial score (nSPS) is 16.8. The molecule has 1 saturated heterocycles. The second-order valence-electron chi connectivity index (χ2n) is 5.67. The van der Waals surface area contributed by atoms with Gasteiger partial charge in [-0.3, -0.25) is 4.79 Å². The van der Waals surface area contributed by atoms with E-state index in [1.165, 1.54) is 0 Å². The lowest BCUT2D eigenvalue weighted by atomic mass is 10.2. The van der Waals surface area contributed by atoms with Crippen molar-refractivity contribution < 1.29 is 14.1 Å². The number of thiophene rings is 1. The molecule has 1 aromatic carbocycles. The topological polar surface area (TPSA) is 55.6 Å². The lowest BCUT2D eigenvalue weighted by Gasteiger charge is -2.23. The molecular formula is C18H15BrN2O3S2. The number of benzene rings is 1. The van der Waals surface area contributed by atoms with E-state index < -0.39 is 0 Å². The van der Waals surface area contributed by atoms with Crippen molar-refractivity contribution in [3.8, 4) is 16.4 Å². The predicted molar refractivity (Wildman–Crippen MR) is 107 cm³/mol. The van der Waals surface area contributed by atoms with E-state index in [0.29, 0.717) is 18.0 Å². The van der Waals surface area contributed by atoms with Gasteiger partial charge >= 0.3 is 0 Å². The van der Waals surface area contributed by atoms with E-state index in [2.05, 4.69) is 21.1 Å². The van der Waals surface area contributed by atoms with Gasteiger partial charge in [0, 0.05) is 18.4 Å². The van der Waals surface area contributed by atoms with Crippen LogP contribution in [0.3, 0.4) is 0 Å². The first-order valence-corrected chi connectivity index (χ1v) is 10.7. The average Bonchev–Trinajstić information content (AvgIpc) is 3.41. The number of halogens is 1. The summed E-state index contributed by atoms with van der Waals surface area (Å²) in [5, 5.41) is 5.91. The molecule has 0 radical (unpaired) electrons. The molecule has 0 bridgehead atoms. The van der Waals surface area contributed by atoms with Gasteiger partial charge in [-0.25, -0.2) is 0 Å². The predicted octanol–water partition coefficient (Wildman–Crippen LogP) is 5.06. The minimum atomic E-state index is -0.113. The number of carbonyl (C=O) groups excluding carboxylic acids is 1. The Bertz CT molecular complexity index is 926. The molecule has 26 heavy (non-hydrogen) atoms. The SMILES string of the molecule is COc1ccc(C2SCCN2C(=O)c2cc(-c3cccs3)on2)cc1Br. The average molecular weight is 451 g/mol. The second kappa shape index (κ2) is 7.46. The van der Waals surface area contributed by atoms with E-state index >= 15 is 0 Å². The van der Waals surface area contributed by atoms with Gasteiger partial charge in [0.25, 0.3) is 5.91 Å². The Labute approximate surface area is 167 Å². The summed E-state index contributed by atoms with van der Waals surface area (Å²) >= 11 is 6.81. The molecule has 1 fully saturated rings. The molecule has 1 amide bonds. The summed E-state index contributed by atoms with van der Waals surface area (Å²) in [5.74, 6) is 2.17. The Morgan fingerprint density at radius 3 is 3.00 bits per heavy atom. The molecule has 1 aliphatic heterocycles. The zero-order valence-electron chi connectivity index (χ0n) is 13.8. The van der Waals surface area contributed by atoms with Crippen molar-refractivity contribution in [1.29, 1.82) is 0 Å². The van der Waals surface area contributed by atoms with E-state index in [9.17, 15) is 4.79 Å². The maximum absolute atomic E-state index is 13.0. The molecule has 8 heteroatoms. The quantitative estimate of drug-likeness (QED) is 0.555. The number of nitrogens with zero attached hydrogens (tertiary/aromatic N) is 2. The van der Waals surface area contributed by atoms with Crippen LogP contribution in [0.1, 0.15) is 21.4 Å². The molecule has 0 saturated carbocycles. The largest absolute Gasteiger partial charge is 0.496 e. The van der Waals surface area contributed by atoms with Gasteiger partial charge in [0.2, 0.25) is 0 Å². The third-order valence-corrected chi connectivity index (χ3v) is 6.87. The summed E-state index contributed by atoms with van der Waals surface area (Å²) in [5.41, 5.74) is 1.39. The van der Waals surface area contributed by atoms with Crippen molar-refractivity contribution in [2.75, 3.05) is 19.4 Å². The van der Waals surface area contributed by atoms with E-state index in [-0.39, 0.29) is 11.3 Å². The van der Waals surface area contributed by atoms with Crippen molar-refractivity contribution in [1.82, 2.24) is 10.1 Å². The van der Waals surface area contributed by atoms with Crippen LogP contribution in [0.25, 0.3) is 10.6 Å². The number of aromatic nitrogens is 1. The molecule has 0 N–H and O–H groups in total. The number of carbonyl (C=O) groups is 1. The maximum Gasteiger partial charge on any atom is 0.277 e. The van der Waals surface area contributed by atoms with Crippen LogP contribution in [-0.4, -0.2) is 35.4 Å². The molecule has 1 atom stereocenters. The van der Waals surface area contributed by atoms with Crippen molar-refractivity contribution in [3.63, 3.8) is 0 Å². The van der Waals surface area contributed by atoms with Gasteiger partial charge in [0.1, 0.15) is 11.1 Å². The minimum absolute atomic E-state index is 0.0495. The summed E-state index contributed by atoms with van der Waals surface area (Å²) in [6.07, 6.45) is 0. The monoisotopic (exact) mass is 450 g/mol. The van der Waals surface area contributed by atoms with Crippen LogP contribution in [0.15, 0.2) is 50.8 Å². The standard InChI is InChI=1S/C18H15BrN2O3S2/c1-23-14-5-4-11(9-12(14)19)18-21(6-8-26-18)17(22)13-10-15(24-20-13)16-3-2-7-25-16/h2-5,7,9-10,18H,6,8H2,1H3. The fraction of sp³-hybridized carbons (Fsp3) is 0.222. The Morgan fingerprint density at radius 2 is 2.27 bits per heavy atom. The van der Waals surface area contributed by atoms with Gasteiger partial charge < -0.3 is 14.2 Å². The highest BCUT2D eigenvalue weighted by molar-refractivity contribution is 9.10. The Kier molecular flexibility index (Phi) is 5.06.